The number of hydrogen-bond donors (Lipinski definition) is 1. The van der Waals surface area contributed by atoms with Crippen molar-refractivity contribution in [2.45, 2.75) is 25.6 Å². The fraction of sp³-hybridized carbons (Fsp3) is 0.538. The minimum absolute atomic E-state index is 0. The molecule has 0 spiro atoms. The van der Waals surface area contributed by atoms with E-state index in [9.17, 15) is 0 Å². The number of benzene rings is 1. The number of methoxy groups -OCH3 is 1. The molecule has 1 fully saturated rings. The maximum Gasteiger partial charge on any atom is 0.137 e. The van der Waals surface area contributed by atoms with Crippen molar-refractivity contribution < 1.29 is 9.47 Å². The second-order valence-corrected chi connectivity index (χ2v) is 4.24. The quantitative estimate of drug-likeness (QED) is 0.900. The molecule has 3 nitrogen and oxygen atoms in total. The maximum atomic E-state index is 5.95. The van der Waals surface area contributed by atoms with Crippen molar-refractivity contribution in [2.75, 3.05) is 20.2 Å². The van der Waals surface area contributed by atoms with Gasteiger partial charge in [0.15, 0.2) is 0 Å². The lowest BCUT2D eigenvalue weighted by molar-refractivity contribution is -0.0153. The monoisotopic (exact) mass is 257 g/mol. The molecule has 0 aliphatic carbocycles. The molecule has 1 saturated heterocycles. The standard InChI is InChI=1S/C13H19NO2.ClH/c1-10-4-3-5-11(8-10)16-13-9-14-7-6-12(13)15-2;/h3-5,8,12-14H,6-7,9H2,1-2H3;1H/t12-,13-;/m0./s1. The van der Waals surface area contributed by atoms with Crippen LogP contribution in [0.4, 0.5) is 0 Å². The smallest absolute Gasteiger partial charge is 0.137 e. The van der Waals surface area contributed by atoms with Crippen LogP contribution in [0.5, 0.6) is 5.75 Å². The van der Waals surface area contributed by atoms with Crippen molar-refractivity contribution in [1.82, 2.24) is 5.32 Å². The van der Waals surface area contributed by atoms with Crippen LogP contribution in [0.25, 0.3) is 0 Å². The van der Waals surface area contributed by atoms with Gasteiger partial charge in [-0.05, 0) is 37.6 Å². The number of rotatable bonds is 3. The Morgan fingerprint density at radius 3 is 2.82 bits per heavy atom. The summed E-state index contributed by atoms with van der Waals surface area (Å²) in [6, 6.07) is 8.14. The first-order valence-electron chi connectivity index (χ1n) is 5.76. The van der Waals surface area contributed by atoms with Crippen molar-refractivity contribution in [3.63, 3.8) is 0 Å². The van der Waals surface area contributed by atoms with Crippen molar-refractivity contribution in [1.29, 1.82) is 0 Å². The molecule has 0 saturated carbocycles. The van der Waals surface area contributed by atoms with E-state index in [4.69, 9.17) is 9.47 Å². The Hall–Kier alpha value is -0.770. The molecular formula is C13H20ClNO2. The Labute approximate surface area is 109 Å². The normalized spacial score (nSPS) is 23.9. The molecule has 4 heteroatoms. The van der Waals surface area contributed by atoms with Gasteiger partial charge in [0.2, 0.25) is 0 Å². The van der Waals surface area contributed by atoms with Gasteiger partial charge in [-0.3, -0.25) is 0 Å². The second kappa shape index (κ2) is 6.84. The molecule has 0 aromatic heterocycles. The van der Waals surface area contributed by atoms with E-state index < -0.39 is 0 Å². The van der Waals surface area contributed by atoms with Crippen LogP contribution in [0.3, 0.4) is 0 Å². The van der Waals surface area contributed by atoms with Crippen LogP contribution in [0, 0.1) is 6.92 Å². The highest BCUT2D eigenvalue weighted by atomic mass is 35.5. The van der Waals surface area contributed by atoms with E-state index >= 15 is 0 Å². The molecular weight excluding hydrogens is 238 g/mol. The van der Waals surface area contributed by atoms with Crippen LogP contribution in [0.1, 0.15) is 12.0 Å². The van der Waals surface area contributed by atoms with E-state index in [2.05, 4.69) is 24.4 Å². The Kier molecular flexibility index (Phi) is 5.75. The highest BCUT2D eigenvalue weighted by Gasteiger charge is 2.26. The molecule has 2 rings (SSSR count). The number of halogens is 1. The average molecular weight is 258 g/mol. The zero-order chi connectivity index (χ0) is 11.4. The van der Waals surface area contributed by atoms with E-state index in [1.807, 2.05) is 12.1 Å². The summed E-state index contributed by atoms with van der Waals surface area (Å²) in [4.78, 5) is 0. The molecule has 1 aliphatic rings. The van der Waals surface area contributed by atoms with Crippen molar-refractivity contribution in [3.8, 4) is 5.75 Å². The first-order valence-corrected chi connectivity index (χ1v) is 5.76. The van der Waals surface area contributed by atoms with E-state index in [0.29, 0.717) is 0 Å². The summed E-state index contributed by atoms with van der Waals surface area (Å²) in [5, 5.41) is 3.33. The molecule has 1 aromatic carbocycles. The van der Waals surface area contributed by atoms with Gasteiger partial charge in [0, 0.05) is 13.7 Å². The first-order chi connectivity index (χ1) is 7.79. The zero-order valence-corrected chi connectivity index (χ0v) is 11.1. The summed E-state index contributed by atoms with van der Waals surface area (Å²) < 4.78 is 11.4. The summed E-state index contributed by atoms with van der Waals surface area (Å²) in [6.07, 6.45) is 1.31. The van der Waals surface area contributed by atoms with Crippen LogP contribution in [0.15, 0.2) is 24.3 Å². The van der Waals surface area contributed by atoms with Crippen LogP contribution in [-0.2, 0) is 4.74 Å². The zero-order valence-electron chi connectivity index (χ0n) is 10.3. The molecule has 1 N–H and O–H groups in total. The Bertz CT molecular complexity index is 346. The Morgan fingerprint density at radius 1 is 1.29 bits per heavy atom. The third-order valence-electron chi connectivity index (χ3n) is 2.95. The van der Waals surface area contributed by atoms with Crippen molar-refractivity contribution in [2.24, 2.45) is 0 Å². The molecule has 0 bridgehead atoms. The molecule has 1 aromatic rings. The SMILES string of the molecule is CO[C@H]1CCNC[C@@H]1Oc1cccc(C)c1.Cl. The third kappa shape index (κ3) is 3.87. The summed E-state index contributed by atoms with van der Waals surface area (Å²) in [7, 11) is 1.75. The van der Waals surface area contributed by atoms with Crippen LogP contribution in [-0.4, -0.2) is 32.4 Å². The van der Waals surface area contributed by atoms with Gasteiger partial charge in [-0.2, -0.15) is 0 Å². The molecule has 1 aliphatic heterocycles. The maximum absolute atomic E-state index is 5.95. The van der Waals surface area contributed by atoms with Gasteiger partial charge in [0.05, 0.1) is 6.10 Å². The van der Waals surface area contributed by atoms with E-state index in [0.717, 1.165) is 25.3 Å². The summed E-state index contributed by atoms with van der Waals surface area (Å²) >= 11 is 0. The lowest BCUT2D eigenvalue weighted by atomic mass is 10.1. The number of aryl methyl sites for hydroxylation is 1. The third-order valence-corrected chi connectivity index (χ3v) is 2.95. The van der Waals surface area contributed by atoms with Crippen LogP contribution < -0.4 is 10.1 Å². The molecule has 0 unspecified atom stereocenters. The van der Waals surface area contributed by atoms with Crippen molar-refractivity contribution in [3.05, 3.63) is 29.8 Å². The molecule has 2 atom stereocenters. The van der Waals surface area contributed by atoms with Gasteiger partial charge < -0.3 is 14.8 Å². The highest BCUT2D eigenvalue weighted by Crippen LogP contribution is 2.18. The van der Waals surface area contributed by atoms with Crippen molar-refractivity contribution >= 4 is 12.4 Å². The lowest BCUT2D eigenvalue weighted by Gasteiger charge is -2.31. The summed E-state index contributed by atoms with van der Waals surface area (Å²) in [6.45, 7) is 3.93. The fourth-order valence-electron chi connectivity index (χ4n) is 2.06. The predicted molar refractivity (Wildman–Crippen MR) is 71.1 cm³/mol. The summed E-state index contributed by atoms with van der Waals surface area (Å²) in [5.74, 6) is 0.927. The van der Waals surface area contributed by atoms with Crippen LogP contribution in [0.2, 0.25) is 0 Å². The van der Waals surface area contributed by atoms with Crippen LogP contribution >= 0.6 is 12.4 Å². The second-order valence-electron chi connectivity index (χ2n) is 4.24. The van der Waals surface area contributed by atoms with E-state index in [1.54, 1.807) is 7.11 Å². The van der Waals surface area contributed by atoms with Gasteiger partial charge in [0.25, 0.3) is 0 Å². The minimum atomic E-state index is 0. The average Bonchev–Trinajstić information content (AvgIpc) is 2.30. The fourth-order valence-corrected chi connectivity index (χ4v) is 2.06. The van der Waals surface area contributed by atoms with Gasteiger partial charge in [-0.15, -0.1) is 12.4 Å². The van der Waals surface area contributed by atoms with Gasteiger partial charge >= 0.3 is 0 Å². The summed E-state index contributed by atoms with van der Waals surface area (Å²) in [5.41, 5.74) is 1.22. The highest BCUT2D eigenvalue weighted by molar-refractivity contribution is 5.85. The van der Waals surface area contributed by atoms with E-state index in [-0.39, 0.29) is 24.6 Å². The minimum Gasteiger partial charge on any atom is -0.486 e. The Balaban J connectivity index is 0.00000144. The van der Waals surface area contributed by atoms with Gasteiger partial charge in [-0.25, -0.2) is 0 Å². The number of piperidine rings is 1. The van der Waals surface area contributed by atoms with Gasteiger partial charge in [0.1, 0.15) is 11.9 Å². The molecule has 17 heavy (non-hydrogen) atoms. The predicted octanol–water partition coefficient (Wildman–Crippen LogP) is 2.17. The molecule has 0 amide bonds. The first kappa shape index (κ1) is 14.3. The number of nitrogens with one attached hydrogen (secondary N) is 1. The topological polar surface area (TPSA) is 30.5 Å². The molecule has 0 radical (unpaired) electrons. The van der Waals surface area contributed by atoms with Gasteiger partial charge in [-0.1, -0.05) is 12.1 Å². The number of ether oxygens (including phenoxy) is 2. The number of hydrogen-bond acceptors (Lipinski definition) is 3. The molecule has 1 heterocycles. The largest absolute Gasteiger partial charge is 0.486 e. The van der Waals surface area contributed by atoms with E-state index in [1.165, 1.54) is 5.56 Å². The Morgan fingerprint density at radius 2 is 2.12 bits per heavy atom. The lowest BCUT2D eigenvalue weighted by Crippen LogP contribution is -2.48. The molecule has 96 valence electrons.